The number of hydrogen-bond acceptors (Lipinski definition) is 4. The van der Waals surface area contributed by atoms with Crippen LogP contribution in [0.25, 0.3) is 11.3 Å². The Morgan fingerprint density at radius 3 is 2.95 bits per heavy atom. The van der Waals surface area contributed by atoms with Crippen LogP contribution in [0.5, 0.6) is 0 Å². The molecular formula is C15H19FN4O. The number of aromatic nitrogens is 2. The van der Waals surface area contributed by atoms with Gasteiger partial charge in [0.15, 0.2) is 0 Å². The molecule has 1 aliphatic heterocycles. The summed E-state index contributed by atoms with van der Waals surface area (Å²) in [5.41, 5.74) is 2.14. The fraction of sp³-hybridized carbons (Fsp3) is 0.400. The molecule has 1 aromatic carbocycles. The van der Waals surface area contributed by atoms with Crippen molar-refractivity contribution in [2.24, 2.45) is 5.92 Å². The van der Waals surface area contributed by atoms with E-state index in [0.29, 0.717) is 24.3 Å². The second-order valence-electron chi connectivity index (χ2n) is 5.37. The van der Waals surface area contributed by atoms with Crippen LogP contribution in [-0.4, -0.2) is 41.0 Å². The van der Waals surface area contributed by atoms with E-state index in [-0.39, 0.29) is 17.8 Å². The fourth-order valence-corrected chi connectivity index (χ4v) is 2.66. The molecule has 0 saturated carbocycles. The maximum absolute atomic E-state index is 13.8. The van der Waals surface area contributed by atoms with Crippen molar-refractivity contribution in [1.29, 1.82) is 0 Å². The molecule has 1 saturated heterocycles. The van der Waals surface area contributed by atoms with Gasteiger partial charge in [0.2, 0.25) is 0 Å². The predicted molar refractivity (Wildman–Crippen MR) is 78.1 cm³/mol. The molecule has 2 atom stereocenters. The number of aliphatic hydroxyl groups is 1. The zero-order valence-electron chi connectivity index (χ0n) is 11.6. The lowest BCUT2D eigenvalue weighted by atomic mass is 10.1. The Balaban J connectivity index is 1.65. The second-order valence-corrected chi connectivity index (χ2v) is 5.37. The van der Waals surface area contributed by atoms with E-state index in [1.54, 1.807) is 24.4 Å². The molecule has 5 nitrogen and oxygen atoms in total. The Morgan fingerprint density at radius 1 is 1.33 bits per heavy atom. The SMILES string of the molecule is OC1CNCC1CNCc1cn[nH]c1-c1ccccc1F. The van der Waals surface area contributed by atoms with Gasteiger partial charge in [-0.25, -0.2) is 4.39 Å². The zero-order valence-corrected chi connectivity index (χ0v) is 11.6. The molecule has 2 aromatic rings. The first-order valence-electron chi connectivity index (χ1n) is 7.12. The van der Waals surface area contributed by atoms with Crippen molar-refractivity contribution < 1.29 is 9.50 Å². The quantitative estimate of drug-likeness (QED) is 0.660. The van der Waals surface area contributed by atoms with Crippen LogP contribution in [0.1, 0.15) is 5.56 Å². The van der Waals surface area contributed by atoms with Crippen LogP contribution >= 0.6 is 0 Å². The van der Waals surface area contributed by atoms with E-state index in [1.165, 1.54) is 6.07 Å². The first-order chi connectivity index (χ1) is 10.3. The summed E-state index contributed by atoms with van der Waals surface area (Å²) in [6, 6.07) is 6.64. The highest BCUT2D eigenvalue weighted by atomic mass is 19.1. The smallest absolute Gasteiger partial charge is 0.132 e. The molecule has 0 radical (unpaired) electrons. The number of halogens is 1. The number of hydrogen-bond donors (Lipinski definition) is 4. The summed E-state index contributed by atoms with van der Waals surface area (Å²) in [7, 11) is 0. The van der Waals surface area contributed by atoms with Gasteiger partial charge in [-0.1, -0.05) is 12.1 Å². The molecule has 6 heteroatoms. The lowest BCUT2D eigenvalue weighted by Gasteiger charge is -2.14. The van der Waals surface area contributed by atoms with Gasteiger partial charge in [-0.05, 0) is 12.1 Å². The molecule has 0 bridgehead atoms. The third-order valence-corrected chi connectivity index (χ3v) is 3.89. The van der Waals surface area contributed by atoms with E-state index < -0.39 is 0 Å². The van der Waals surface area contributed by atoms with E-state index in [1.807, 2.05) is 0 Å². The van der Waals surface area contributed by atoms with Crippen molar-refractivity contribution in [3.05, 3.63) is 41.8 Å². The Hall–Kier alpha value is -1.76. The monoisotopic (exact) mass is 290 g/mol. The molecule has 0 aliphatic carbocycles. The van der Waals surface area contributed by atoms with Gasteiger partial charge >= 0.3 is 0 Å². The van der Waals surface area contributed by atoms with Gasteiger partial charge in [0.25, 0.3) is 0 Å². The molecule has 2 heterocycles. The molecule has 0 spiro atoms. The van der Waals surface area contributed by atoms with Crippen molar-refractivity contribution in [3.63, 3.8) is 0 Å². The molecule has 1 fully saturated rings. The van der Waals surface area contributed by atoms with Gasteiger partial charge in [-0.2, -0.15) is 5.10 Å². The lowest BCUT2D eigenvalue weighted by molar-refractivity contribution is 0.146. The number of benzene rings is 1. The molecule has 21 heavy (non-hydrogen) atoms. The number of nitrogens with zero attached hydrogens (tertiary/aromatic N) is 1. The second kappa shape index (κ2) is 6.34. The van der Waals surface area contributed by atoms with E-state index in [4.69, 9.17) is 0 Å². The number of aliphatic hydroxyl groups excluding tert-OH is 1. The average Bonchev–Trinajstić information content (AvgIpc) is 3.09. The maximum atomic E-state index is 13.8. The molecule has 0 amide bonds. The van der Waals surface area contributed by atoms with Gasteiger partial charge in [-0.3, -0.25) is 5.10 Å². The van der Waals surface area contributed by atoms with Crippen LogP contribution in [0.4, 0.5) is 4.39 Å². The van der Waals surface area contributed by atoms with E-state index >= 15 is 0 Å². The number of β-amino-alcohol motifs (C(OH)–C–C–N with tert-alkyl or cyclic N) is 1. The van der Waals surface area contributed by atoms with Gasteiger partial charge in [-0.15, -0.1) is 0 Å². The van der Waals surface area contributed by atoms with Gasteiger partial charge < -0.3 is 15.7 Å². The van der Waals surface area contributed by atoms with Crippen molar-refractivity contribution in [2.45, 2.75) is 12.6 Å². The molecule has 4 N–H and O–H groups in total. The van der Waals surface area contributed by atoms with Gasteiger partial charge in [0.1, 0.15) is 5.82 Å². The number of nitrogens with one attached hydrogen (secondary N) is 3. The number of rotatable bonds is 5. The predicted octanol–water partition coefficient (Wildman–Crippen LogP) is 0.886. The lowest BCUT2D eigenvalue weighted by Crippen LogP contribution is -2.30. The van der Waals surface area contributed by atoms with Crippen LogP contribution in [-0.2, 0) is 6.54 Å². The third-order valence-electron chi connectivity index (χ3n) is 3.89. The summed E-state index contributed by atoms with van der Waals surface area (Å²) in [6.45, 7) is 2.78. The third kappa shape index (κ3) is 3.12. The van der Waals surface area contributed by atoms with Crippen molar-refractivity contribution in [1.82, 2.24) is 20.8 Å². The standard InChI is InChI=1S/C15H19FN4O/c16-13-4-2-1-3-12(13)15-11(8-19-20-15)7-17-5-10-6-18-9-14(10)21/h1-4,8,10,14,17-18,21H,5-7,9H2,(H,19,20). The normalized spacial score (nSPS) is 21.8. The van der Waals surface area contributed by atoms with Crippen molar-refractivity contribution in [3.8, 4) is 11.3 Å². The summed E-state index contributed by atoms with van der Waals surface area (Å²) in [5, 5.41) is 23.1. The summed E-state index contributed by atoms with van der Waals surface area (Å²) >= 11 is 0. The fourth-order valence-electron chi connectivity index (χ4n) is 2.66. The van der Waals surface area contributed by atoms with Crippen LogP contribution in [0.15, 0.2) is 30.5 Å². The van der Waals surface area contributed by atoms with E-state index in [2.05, 4.69) is 20.8 Å². The number of H-pyrrole nitrogens is 1. The summed E-state index contributed by atoms with van der Waals surface area (Å²) in [4.78, 5) is 0. The van der Waals surface area contributed by atoms with Crippen LogP contribution in [0, 0.1) is 11.7 Å². The molecular weight excluding hydrogens is 271 g/mol. The summed E-state index contributed by atoms with van der Waals surface area (Å²) < 4.78 is 13.8. The molecule has 3 rings (SSSR count). The topological polar surface area (TPSA) is 73.0 Å². The van der Waals surface area contributed by atoms with Crippen LogP contribution < -0.4 is 10.6 Å². The molecule has 112 valence electrons. The highest BCUT2D eigenvalue weighted by molar-refractivity contribution is 5.63. The van der Waals surface area contributed by atoms with Crippen LogP contribution in [0.3, 0.4) is 0 Å². The maximum Gasteiger partial charge on any atom is 0.132 e. The Bertz CT molecular complexity index is 601. The van der Waals surface area contributed by atoms with Gasteiger partial charge in [0, 0.05) is 43.2 Å². The van der Waals surface area contributed by atoms with Gasteiger partial charge in [0.05, 0.1) is 18.0 Å². The Morgan fingerprint density at radius 2 is 2.19 bits per heavy atom. The largest absolute Gasteiger partial charge is 0.391 e. The first kappa shape index (κ1) is 14.2. The average molecular weight is 290 g/mol. The minimum atomic E-state index is -0.298. The molecule has 1 aromatic heterocycles. The van der Waals surface area contributed by atoms with E-state index in [9.17, 15) is 9.50 Å². The van der Waals surface area contributed by atoms with E-state index in [0.717, 1.165) is 18.7 Å². The first-order valence-corrected chi connectivity index (χ1v) is 7.12. The highest BCUT2D eigenvalue weighted by Gasteiger charge is 2.24. The summed E-state index contributed by atoms with van der Waals surface area (Å²) in [6.07, 6.45) is 1.41. The summed E-state index contributed by atoms with van der Waals surface area (Å²) in [5.74, 6) is -0.0489. The number of aromatic amines is 1. The van der Waals surface area contributed by atoms with Crippen LogP contribution in [0.2, 0.25) is 0 Å². The van der Waals surface area contributed by atoms with Crippen molar-refractivity contribution >= 4 is 0 Å². The minimum Gasteiger partial charge on any atom is -0.391 e. The zero-order chi connectivity index (χ0) is 14.7. The molecule has 1 aliphatic rings. The minimum absolute atomic E-state index is 0.216. The highest BCUT2D eigenvalue weighted by Crippen LogP contribution is 2.23. The Kier molecular flexibility index (Phi) is 4.28. The molecule has 2 unspecified atom stereocenters. The van der Waals surface area contributed by atoms with Crippen molar-refractivity contribution in [2.75, 3.05) is 19.6 Å². The Labute approximate surface area is 122 Å².